The molecule has 2 fully saturated rings. The van der Waals surface area contributed by atoms with Crippen LogP contribution in [0.4, 0.5) is 0 Å². The van der Waals surface area contributed by atoms with Gasteiger partial charge < -0.3 is 14.9 Å². The molecule has 0 amide bonds. The standard InChI is InChI=1S/C9H16O3/c1-8(11)4-3-6-5-9(8,2)12-7(6)10/h6-7,10-11H,3-5H2,1-2H3/t6?,7-,8?,9?/m0/s1. The van der Waals surface area contributed by atoms with Crippen LogP contribution in [0.3, 0.4) is 0 Å². The van der Waals surface area contributed by atoms with Gasteiger partial charge in [0.1, 0.15) is 0 Å². The molecule has 0 aromatic rings. The molecule has 0 aromatic carbocycles. The first kappa shape index (κ1) is 8.48. The fraction of sp³-hybridized carbons (Fsp3) is 1.00. The van der Waals surface area contributed by atoms with Gasteiger partial charge in [0.2, 0.25) is 0 Å². The van der Waals surface area contributed by atoms with Gasteiger partial charge in [-0.3, -0.25) is 0 Å². The summed E-state index contributed by atoms with van der Waals surface area (Å²) in [5.41, 5.74) is -1.31. The second kappa shape index (κ2) is 2.22. The van der Waals surface area contributed by atoms with Gasteiger partial charge in [0.05, 0.1) is 11.2 Å². The van der Waals surface area contributed by atoms with Gasteiger partial charge in [-0.05, 0) is 33.1 Å². The molecule has 1 aliphatic carbocycles. The fourth-order valence-corrected chi connectivity index (χ4v) is 2.33. The molecule has 2 N–H and O–H groups in total. The molecular formula is C9H16O3. The molecule has 4 atom stereocenters. The Hall–Kier alpha value is -0.120. The maximum absolute atomic E-state index is 10.0. The van der Waals surface area contributed by atoms with E-state index in [0.717, 1.165) is 19.3 Å². The van der Waals surface area contributed by atoms with Crippen LogP contribution < -0.4 is 0 Å². The Morgan fingerprint density at radius 1 is 1.42 bits per heavy atom. The summed E-state index contributed by atoms with van der Waals surface area (Å²) >= 11 is 0. The molecule has 1 aliphatic heterocycles. The predicted octanol–water partition coefficient (Wildman–Crippen LogP) is 0.645. The largest absolute Gasteiger partial charge is 0.387 e. The molecule has 0 aromatic heterocycles. The number of hydrogen-bond donors (Lipinski definition) is 2. The molecule has 2 bridgehead atoms. The Labute approximate surface area is 72.3 Å². The summed E-state index contributed by atoms with van der Waals surface area (Å²) in [7, 11) is 0. The molecule has 3 unspecified atom stereocenters. The van der Waals surface area contributed by atoms with Gasteiger partial charge in [0.25, 0.3) is 0 Å². The average Bonchev–Trinajstić information content (AvgIpc) is 2.19. The van der Waals surface area contributed by atoms with Crippen molar-refractivity contribution in [3.63, 3.8) is 0 Å². The Kier molecular flexibility index (Phi) is 1.57. The smallest absolute Gasteiger partial charge is 0.158 e. The topological polar surface area (TPSA) is 49.7 Å². The van der Waals surface area contributed by atoms with E-state index in [-0.39, 0.29) is 5.92 Å². The van der Waals surface area contributed by atoms with Crippen LogP contribution in [0.2, 0.25) is 0 Å². The van der Waals surface area contributed by atoms with Crippen LogP contribution in [0, 0.1) is 5.92 Å². The highest BCUT2D eigenvalue weighted by atomic mass is 16.6. The Morgan fingerprint density at radius 3 is 2.67 bits per heavy atom. The quantitative estimate of drug-likeness (QED) is 0.564. The first-order valence-electron chi connectivity index (χ1n) is 4.53. The highest BCUT2D eigenvalue weighted by molar-refractivity contribution is 5.04. The van der Waals surface area contributed by atoms with Crippen molar-refractivity contribution in [2.24, 2.45) is 5.92 Å². The van der Waals surface area contributed by atoms with E-state index >= 15 is 0 Å². The Balaban J connectivity index is 2.28. The second-order valence-corrected chi connectivity index (χ2v) is 4.52. The molecule has 70 valence electrons. The summed E-state index contributed by atoms with van der Waals surface area (Å²) in [5.74, 6) is 0.232. The number of hydrogen-bond acceptors (Lipinski definition) is 3. The highest BCUT2D eigenvalue weighted by Crippen LogP contribution is 2.49. The van der Waals surface area contributed by atoms with Crippen LogP contribution in [-0.4, -0.2) is 27.7 Å². The number of rotatable bonds is 0. The lowest BCUT2D eigenvalue weighted by molar-refractivity contribution is -0.198. The molecule has 0 radical (unpaired) electrons. The van der Waals surface area contributed by atoms with E-state index in [4.69, 9.17) is 4.74 Å². The SMILES string of the molecule is CC1(O)CCC2CC1(C)O[C@@H]2O. The molecule has 1 saturated carbocycles. The monoisotopic (exact) mass is 172 g/mol. The zero-order valence-electron chi connectivity index (χ0n) is 7.58. The van der Waals surface area contributed by atoms with E-state index in [1.54, 1.807) is 6.92 Å². The van der Waals surface area contributed by atoms with Crippen molar-refractivity contribution in [2.75, 3.05) is 0 Å². The minimum Gasteiger partial charge on any atom is -0.387 e. The van der Waals surface area contributed by atoms with Crippen LogP contribution in [-0.2, 0) is 4.74 Å². The molecule has 3 nitrogen and oxygen atoms in total. The molecular weight excluding hydrogens is 156 g/mol. The Morgan fingerprint density at radius 2 is 2.08 bits per heavy atom. The van der Waals surface area contributed by atoms with Crippen LogP contribution >= 0.6 is 0 Å². The van der Waals surface area contributed by atoms with Crippen molar-refractivity contribution in [3.05, 3.63) is 0 Å². The minimum atomic E-state index is -0.777. The third-order valence-electron chi connectivity index (χ3n) is 3.58. The normalized spacial score (nSPS) is 59.0. The van der Waals surface area contributed by atoms with Crippen LogP contribution in [0.15, 0.2) is 0 Å². The number of aliphatic hydroxyl groups is 2. The summed E-state index contributed by atoms with van der Waals surface area (Å²) in [5, 5.41) is 19.5. The predicted molar refractivity (Wildman–Crippen MR) is 43.5 cm³/mol. The first-order chi connectivity index (χ1) is 5.45. The van der Waals surface area contributed by atoms with Crippen molar-refractivity contribution >= 4 is 0 Å². The van der Waals surface area contributed by atoms with Crippen molar-refractivity contribution in [1.29, 1.82) is 0 Å². The number of fused-ring (bicyclic) bond motifs is 2. The van der Waals surface area contributed by atoms with Crippen LogP contribution in [0.25, 0.3) is 0 Å². The van der Waals surface area contributed by atoms with Crippen molar-refractivity contribution in [1.82, 2.24) is 0 Å². The van der Waals surface area contributed by atoms with E-state index < -0.39 is 17.5 Å². The molecule has 3 heteroatoms. The van der Waals surface area contributed by atoms with Gasteiger partial charge >= 0.3 is 0 Å². The maximum Gasteiger partial charge on any atom is 0.158 e. The second-order valence-electron chi connectivity index (χ2n) is 4.52. The van der Waals surface area contributed by atoms with E-state index in [0.29, 0.717) is 0 Å². The zero-order valence-corrected chi connectivity index (χ0v) is 7.58. The lowest BCUT2D eigenvalue weighted by Crippen LogP contribution is -2.51. The summed E-state index contributed by atoms with van der Waals surface area (Å²) < 4.78 is 5.39. The molecule has 1 saturated heterocycles. The van der Waals surface area contributed by atoms with Crippen molar-refractivity contribution < 1.29 is 14.9 Å². The zero-order chi connectivity index (χ0) is 8.98. The molecule has 12 heavy (non-hydrogen) atoms. The molecule has 1 heterocycles. The summed E-state index contributed by atoms with van der Waals surface area (Å²) in [6.07, 6.45) is 1.71. The van der Waals surface area contributed by atoms with E-state index in [1.165, 1.54) is 0 Å². The first-order valence-corrected chi connectivity index (χ1v) is 4.53. The van der Waals surface area contributed by atoms with Gasteiger partial charge in [-0.1, -0.05) is 0 Å². The highest BCUT2D eigenvalue weighted by Gasteiger charge is 2.56. The third-order valence-corrected chi connectivity index (χ3v) is 3.58. The fourth-order valence-electron chi connectivity index (χ4n) is 2.33. The maximum atomic E-state index is 10.0. The van der Waals surface area contributed by atoms with E-state index in [1.807, 2.05) is 6.92 Å². The third kappa shape index (κ3) is 0.934. The number of ether oxygens (including phenoxy) is 1. The van der Waals surface area contributed by atoms with Gasteiger partial charge in [-0.15, -0.1) is 0 Å². The van der Waals surface area contributed by atoms with Gasteiger partial charge in [-0.25, -0.2) is 0 Å². The molecule has 0 spiro atoms. The number of aliphatic hydroxyl groups excluding tert-OH is 1. The summed E-state index contributed by atoms with van der Waals surface area (Å²) in [4.78, 5) is 0. The van der Waals surface area contributed by atoms with Crippen LogP contribution in [0.5, 0.6) is 0 Å². The minimum absolute atomic E-state index is 0.232. The van der Waals surface area contributed by atoms with Gasteiger partial charge in [0, 0.05) is 5.92 Å². The lowest BCUT2D eigenvalue weighted by Gasteiger charge is -2.41. The van der Waals surface area contributed by atoms with E-state index in [9.17, 15) is 10.2 Å². The summed E-state index contributed by atoms with van der Waals surface area (Å²) in [6.45, 7) is 3.68. The van der Waals surface area contributed by atoms with Crippen LogP contribution in [0.1, 0.15) is 33.1 Å². The summed E-state index contributed by atoms with van der Waals surface area (Å²) in [6, 6.07) is 0. The van der Waals surface area contributed by atoms with Crippen molar-refractivity contribution in [3.8, 4) is 0 Å². The Bertz CT molecular complexity index is 198. The molecule has 2 rings (SSSR count). The van der Waals surface area contributed by atoms with Crippen molar-refractivity contribution in [2.45, 2.75) is 50.6 Å². The lowest BCUT2D eigenvalue weighted by atomic mass is 9.71. The average molecular weight is 172 g/mol. The van der Waals surface area contributed by atoms with E-state index in [2.05, 4.69) is 0 Å². The molecule has 2 aliphatic rings. The van der Waals surface area contributed by atoms with Gasteiger partial charge in [-0.2, -0.15) is 0 Å². The van der Waals surface area contributed by atoms with Gasteiger partial charge in [0.15, 0.2) is 6.29 Å².